The summed E-state index contributed by atoms with van der Waals surface area (Å²) in [4.78, 5) is 0. The first-order valence-corrected chi connectivity index (χ1v) is 4.77. The van der Waals surface area contributed by atoms with Gasteiger partial charge in [-0.1, -0.05) is 6.07 Å². The minimum absolute atomic E-state index is 0.160. The highest BCUT2D eigenvalue weighted by molar-refractivity contribution is 9.10. The quantitative estimate of drug-likeness (QED) is 0.759. The van der Waals surface area contributed by atoms with Gasteiger partial charge in [-0.25, -0.2) is 8.78 Å². The molecular formula is C9H8BrF2N. The molecule has 2 rings (SSSR count). The fourth-order valence-electron chi connectivity index (χ4n) is 1.31. The second-order valence-corrected chi connectivity index (χ2v) is 4.17. The van der Waals surface area contributed by atoms with Gasteiger partial charge in [0.2, 0.25) is 0 Å². The van der Waals surface area contributed by atoms with E-state index in [-0.39, 0.29) is 4.47 Å². The van der Waals surface area contributed by atoms with Crippen LogP contribution >= 0.6 is 15.9 Å². The van der Waals surface area contributed by atoms with Gasteiger partial charge in [-0.15, -0.1) is 0 Å². The van der Waals surface area contributed by atoms with Crippen LogP contribution in [0.4, 0.5) is 8.78 Å². The number of hydrogen-bond acceptors (Lipinski definition) is 1. The third kappa shape index (κ3) is 1.38. The van der Waals surface area contributed by atoms with E-state index in [9.17, 15) is 8.78 Å². The first-order chi connectivity index (χ1) is 6.04. The molecule has 0 amide bonds. The van der Waals surface area contributed by atoms with Crippen LogP contribution in [-0.4, -0.2) is 0 Å². The normalized spacial score (nSPS) is 18.8. The van der Waals surface area contributed by atoms with E-state index in [2.05, 4.69) is 15.9 Å². The van der Waals surface area contributed by atoms with Gasteiger partial charge in [-0.05, 0) is 40.4 Å². The summed E-state index contributed by atoms with van der Waals surface area (Å²) in [5.41, 5.74) is 6.09. The third-order valence-corrected chi connectivity index (χ3v) is 3.14. The summed E-state index contributed by atoms with van der Waals surface area (Å²) in [6, 6.07) is 2.65. The molecule has 0 heterocycles. The minimum atomic E-state index is -0.853. The lowest BCUT2D eigenvalue weighted by atomic mass is 10.1. The molecule has 2 N–H and O–H groups in total. The molecule has 1 saturated carbocycles. The SMILES string of the molecule is NC1(c2ccc(F)c(F)c2Br)CC1. The van der Waals surface area contributed by atoms with E-state index in [1.54, 1.807) is 0 Å². The minimum Gasteiger partial charge on any atom is -0.321 e. The van der Waals surface area contributed by atoms with Gasteiger partial charge in [0, 0.05) is 5.54 Å². The van der Waals surface area contributed by atoms with Gasteiger partial charge in [0.15, 0.2) is 11.6 Å². The predicted molar refractivity (Wildman–Crippen MR) is 49.2 cm³/mol. The third-order valence-electron chi connectivity index (χ3n) is 2.36. The number of nitrogens with two attached hydrogens (primary N) is 1. The van der Waals surface area contributed by atoms with Crippen LogP contribution in [0.5, 0.6) is 0 Å². The van der Waals surface area contributed by atoms with Gasteiger partial charge in [-0.3, -0.25) is 0 Å². The zero-order valence-electron chi connectivity index (χ0n) is 6.78. The Morgan fingerprint density at radius 1 is 1.31 bits per heavy atom. The van der Waals surface area contributed by atoms with Crippen LogP contribution in [0.3, 0.4) is 0 Å². The Labute approximate surface area is 83.1 Å². The van der Waals surface area contributed by atoms with Crippen molar-refractivity contribution in [3.63, 3.8) is 0 Å². The fraction of sp³-hybridized carbons (Fsp3) is 0.333. The maximum Gasteiger partial charge on any atom is 0.173 e. The van der Waals surface area contributed by atoms with Crippen LogP contribution in [0.25, 0.3) is 0 Å². The Hall–Kier alpha value is -0.480. The average molecular weight is 248 g/mol. The smallest absolute Gasteiger partial charge is 0.173 e. The fourth-order valence-corrected chi connectivity index (χ4v) is 2.03. The Kier molecular flexibility index (Phi) is 1.92. The summed E-state index contributed by atoms with van der Waals surface area (Å²) in [7, 11) is 0. The molecule has 1 aromatic rings. The molecule has 1 nitrogen and oxygen atoms in total. The van der Waals surface area contributed by atoms with Crippen molar-refractivity contribution in [2.24, 2.45) is 5.73 Å². The van der Waals surface area contributed by atoms with Crippen LogP contribution < -0.4 is 5.73 Å². The van der Waals surface area contributed by atoms with Crippen molar-refractivity contribution >= 4 is 15.9 Å². The van der Waals surface area contributed by atoms with Crippen LogP contribution in [0, 0.1) is 11.6 Å². The van der Waals surface area contributed by atoms with E-state index >= 15 is 0 Å². The largest absolute Gasteiger partial charge is 0.321 e. The lowest BCUT2D eigenvalue weighted by molar-refractivity contribution is 0.499. The Morgan fingerprint density at radius 2 is 1.92 bits per heavy atom. The van der Waals surface area contributed by atoms with E-state index in [0.29, 0.717) is 5.56 Å². The van der Waals surface area contributed by atoms with Crippen molar-refractivity contribution in [2.75, 3.05) is 0 Å². The number of benzene rings is 1. The summed E-state index contributed by atoms with van der Waals surface area (Å²) in [5.74, 6) is -1.70. The second kappa shape index (κ2) is 2.75. The van der Waals surface area contributed by atoms with Gasteiger partial charge in [0.1, 0.15) is 0 Å². The highest BCUT2D eigenvalue weighted by atomic mass is 79.9. The summed E-state index contributed by atoms with van der Waals surface area (Å²) in [5, 5.41) is 0. The molecule has 1 fully saturated rings. The van der Waals surface area contributed by atoms with Crippen molar-refractivity contribution in [2.45, 2.75) is 18.4 Å². The Bertz CT molecular complexity index is 361. The zero-order chi connectivity index (χ0) is 9.64. The van der Waals surface area contributed by atoms with E-state index in [1.165, 1.54) is 6.07 Å². The standard InChI is InChI=1S/C9H8BrF2N/c10-7-5(9(13)3-4-9)1-2-6(11)8(7)12/h1-2H,3-4,13H2. The van der Waals surface area contributed by atoms with Crippen molar-refractivity contribution in [3.05, 3.63) is 33.8 Å². The van der Waals surface area contributed by atoms with Crippen LogP contribution in [0.15, 0.2) is 16.6 Å². The summed E-state index contributed by atoms with van der Waals surface area (Å²) < 4.78 is 26.0. The zero-order valence-corrected chi connectivity index (χ0v) is 8.37. The molecule has 0 bridgehead atoms. The van der Waals surface area contributed by atoms with Crippen molar-refractivity contribution in [1.29, 1.82) is 0 Å². The lowest BCUT2D eigenvalue weighted by Crippen LogP contribution is -2.19. The molecule has 0 aromatic heterocycles. The molecule has 13 heavy (non-hydrogen) atoms. The van der Waals surface area contributed by atoms with E-state index in [4.69, 9.17) is 5.73 Å². The highest BCUT2D eigenvalue weighted by Crippen LogP contribution is 2.46. The molecule has 1 aromatic carbocycles. The molecule has 0 aliphatic heterocycles. The second-order valence-electron chi connectivity index (χ2n) is 3.38. The van der Waals surface area contributed by atoms with Crippen molar-refractivity contribution in [3.8, 4) is 0 Å². The monoisotopic (exact) mass is 247 g/mol. The summed E-state index contributed by atoms with van der Waals surface area (Å²) in [6.07, 6.45) is 1.66. The molecule has 0 radical (unpaired) electrons. The molecule has 0 saturated heterocycles. The predicted octanol–water partition coefficient (Wildman–Crippen LogP) is 2.68. The van der Waals surface area contributed by atoms with Gasteiger partial charge < -0.3 is 5.73 Å². The van der Waals surface area contributed by atoms with Crippen molar-refractivity contribution in [1.82, 2.24) is 0 Å². The molecule has 4 heteroatoms. The average Bonchev–Trinajstić information content (AvgIpc) is 2.80. The lowest BCUT2D eigenvalue weighted by Gasteiger charge is -2.11. The van der Waals surface area contributed by atoms with Gasteiger partial charge in [-0.2, -0.15) is 0 Å². The number of rotatable bonds is 1. The molecule has 0 unspecified atom stereocenters. The van der Waals surface area contributed by atoms with E-state index in [0.717, 1.165) is 18.9 Å². The van der Waals surface area contributed by atoms with Gasteiger partial charge in [0.25, 0.3) is 0 Å². The number of hydrogen-bond donors (Lipinski definition) is 1. The first kappa shape index (κ1) is 9.09. The maximum atomic E-state index is 13.1. The van der Waals surface area contributed by atoms with Crippen LogP contribution in [0.1, 0.15) is 18.4 Å². The summed E-state index contributed by atoms with van der Waals surface area (Å²) >= 11 is 3.01. The van der Waals surface area contributed by atoms with Crippen LogP contribution in [-0.2, 0) is 5.54 Å². The molecule has 1 aliphatic rings. The van der Waals surface area contributed by atoms with Gasteiger partial charge >= 0.3 is 0 Å². The van der Waals surface area contributed by atoms with E-state index < -0.39 is 17.2 Å². The topological polar surface area (TPSA) is 26.0 Å². The molecular weight excluding hydrogens is 240 g/mol. The van der Waals surface area contributed by atoms with E-state index in [1.807, 2.05) is 0 Å². The number of halogens is 3. The van der Waals surface area contributed by atoms with Crippen LogP contribution in [0.2, 0.25) is 0 Å². The first-order valence-electron chi connectivity index (χ1n) is 3.97. The molecule has 0 spiro atoms. The maximum absolute atomic E-state index is 13.1. The summed E-state index contributed by atoms with van der Waals surface area (Å²) in [6.45, 7) is 0. The van der Waals surface area contributed by atoms with Gasteiger partial charge in [0.05, 0.1) is 4.47 Å². The molecule has 0 atom stereocenters. The Balaban J connectivity index is 2.54. The molecule has 70 valence electrons. The highest BCUT2D eigenvalue weighted by Gasteiger charge is 2.42. The molecule has 1 aliphatic carbocycles. The Morgan fingerprint density at radius 3 is 2.46 bits per heavy atom. The van der Waals surface area contributed by atoms with Crippen molar-refractivity contribution < 1.29 is 8.78 Å².